The fraction of sp³-hybridized carbons (Fsp3) is 0.111. The number of hydrogen-bond donors (Lipinski definition) is 2. The lowest BCUT2D eigenvalue weighted by atomic mass is 10.3. The van der Waals surface area contributed by atoms with E-state index in [9.17, 15) is 4.79 Å². The van der Waals surface area contributed by atoms with Crippen LogP contribution in [0.15, 0.2) is 18.3 Å². The molecule has 1 amide bonds. The molecule has 5 nitrogen and oxygen atoms in total. The third-order valence-electron chi connectivity index (χ3n) is 2.12. The van der Waals surface area contributed by atoms with E-state index in [1.165, 1.54) is 0 Å². The van der Waals surface area contributed by atoms with Gasteiger partial charge in [-0.3, -0.25) is 9.20 Å². The molecule has 0 fully saturated rings. The summed E-state index contributed by atoms with van der Waals surface area (Å²) in [7, 11) is 0. The quantitative estimate of drug-likeness (QED) is 0.679. The molecule has 0 aliphatic carbocycles. The highest BCUT2D eigenvalue weighted by Crippen LogP contribution is 2.16. The Labute approximate surface area is 80.3 Å². The van der Waals surface area contributed by atoms with Crippen LogP contribution in [0.25, 0.3) is 5.65 Å². The maximum Gasteiger partial charge on any atom is 0.271 e. The zero-order valence-corrected chi connectivity index (χ0v) is 7.69. The molecule has 14 heavy (non-hydrogen) atoms. The summed E-state index contributed by atoms with van der Waals surface area (Å²) < 4.78 is 1.65. The van der Waals surface area contributed by atoms with E-state index in [1.807, 2.05) is 19.1 Å². The number of nitrogens with zero attached hydrogens (tertiary/aromatic N) is 2. The van der Waals surface area contributed by atoms with Gasteiger partial charge in [-0.2, -0.15) is 0 Å². The van der Waals surface area contributed by atoms with E-state index in [1.54, 1.807) is 10.6 Å². The highest BCUT2D eigenvalue weighted by Gasteiger charge is 2.14. The lowest BCUT2D eigenvalue weighted by molar-refractivity contribution is 0.0997. The number of aryl methyl sites for hydroxylation is 1. The van der Waals surface area contributed by atoms with Crippen molar-refractivity contribution >= 4 is 17.4 Å². The van der Waals surface area contributed by atoms with Crippen LogP contribution in [-0.4, -0.2) is 15.3 Å². The molecule has 2 rings (SSSR count). The van der Waals surface area contributed by atoms with E-state index in [-0.39, 0.29) is 11.5 Å². The van der Waals surface area contributed by atoms with Crippen LogP contribution in [-0.2, 0) is 0 Å². The van der Waals surface area contributed by atoms with Gasteiger partial charge in [0.1, 0.15) is 11.5 Å². The number of pyridine rings is 1. The Hall–Kier alpha value is -2.04. The predicted octanol–water partition coefficient (Wildman–Crippen LogP) is 0.324. The molecule has 0 bridgehead atoms. The summed E-state index contributed by atoms with van der Waals surface area (Å²) in [6, 6.07) is 3.73. The van der Waals surface area contributed by atoms with Gasteiger partial charge >= 0.3 is 0 Å². The Morgan fingerprint density at radius 2 is 2.29 bits per heavy atom. The zero-order chi connectivity index (χ0) is 10.3. The summed E-state index contributed by atoms with van der Waals surface area (Å²) in [5, 5.41) is 0. The van der Waals surface area contributed by atoms with Gasteiger partial charge < -0.3 is 11.5 Å². The van der Waals surface area contributed by atoms with E-state index in [2.05, 4.69) is 4.98 Å². The number of imidazole rings is 1. The number of nitrogens with two attached hydrogens (primary N) is 2. The minimum atomic E-state index is -0.606. The lowest BCUT2D eigenvalue weighted by Gasteiger charge is -1.97. The summed E-state index contributed by atoms with van der Waals surface area (Å²) >= 11 is 0. The number of carbonyl (C=O) groups is 1. The molecular weight excluding hydrogens is 180 g/mol. The molecule has 0 unspecified atom stereocenters. The van der Waals surface area contributed by atoms with Gasteiger partial charge in [0.25, 0.3) is 5.91 Å². The second-order valence-electron chi connectivity index (χ2n) is 3.09. The summed E-state index contributed by atoms with van der Waals surface area (Å²) in [5.74, 6) is -0.318. The second-order valence-corrected chi connectivity index (χ2v) is 3.09. The fourth-order valence-electron chi connectivity index (χ4n) is 1.40. The zero-order valence-electron chi connectivity index (χ0n) is 7.69. The molecule has 72 valence electrons. The SMILES string of the molecule is Cc1cccn2c(N)c(C(N)=O)nc12. The van der Waals surface area contributed by atoms with Gasteiger partial charge in [-0.25, -0.2) is 4.98 Å². The van der Waals surface area contributed by atoms with Gasteiger partial charge in [0.05, 0.1) is 0 Å². The maximum absolute atomic E-state index is 11.0. The molecule has 5 heteroatoms. The third-order valence-corrected chi connectivity index (χ3v) is 2.12. The molecule has 4 N–H and O–H groups in total. The Morgan fingerprint density at radius 1 is 1.57 bits per heavy atom. The highest BCUT2D eigenvalue weighted by atomic mass is 16.1. The van der Waals surface area contributed by atoms with Gasteiger partial charge in [-0.05, 0) is 18.6 Å². The van der Waals surface area contributed by atoms with Crippen molar-refractivity contribution in [3.05, 3.63) is 29.6 Å². The number of aromatic nitrogens is 2. The average Bonchev–Trinajstić information content (AvgIpc) is 2.46. The van der Waals surface area contributed by atoms with Crippen molar-refractivity contribution < 1.29 is 4.79 Å². The van der Waals surface area contributed by atoms with E-state index >= 15 is 0 Å². The smallest absolute Gasteiger partial charge is 0.271 e. The number of anilines is 1. The number of rotatable bonds is 1. The molecule has 0 radical (unpaired) electrons. The van der Waals surface area contributed by atoms with E-state index < -0.39 is 5.91 Å². The summed E-state index contributed by atoms with van der Waals surface area (Å²) in [4.78, 5) is 15.0. The number of carbonyl (C=O) groups excluding carboxylic acids is 1. The van der Waals surface area contributed by atoms with Crippen molar-refractivity contribution in [3.63, 3.8) is 0 Å². The highest BCUT2D eigenvalue weighted by molar-refractivity contribution is 5.96. The molecule has 2 aromatic rings. The van der Waals surface area contributed by atoms with Crippen LogP contribution in [0, 0.1) is 6.92 Å². The predicted molar refractivity (Wildman–Crippen MR) is 52.9 cm³/mol. The van der Waals surface area contributed by atoms with Gasteiger partial charge in [-0.15, -0.1) is 0 Å². The molecule has 0 aliphatic rings. The minimum absolute atomic E-state index is 0.124. The van der Waals surface area contributed by atoms with Crippen molar-refractivity contribution in [1.82, 2.24) is 9.38 Å². The van der Waals surface area contributed by atoms with Crippen LogP contribution in [0.4, 0.5) is 5.82 Å². The molecule has 0 saturated carbocycles. The Balaban J connectivity index is 2.86. The molecular formula is C9H10N4O. The average molecular weight is 190 g/mol. The Morgan fingerprint density at radius 3 is 2.86 bits per heavy atom. The topological polar surface area (TPSA) is 86.4 Å². The largest absolute Gasteiger partial charge is 0.383 e. The monoisotopic (exact) mass is 190 g/mol. The first-order valence-corrected chi connectivity index (χ1v) is 4.14. The molecule has 0 saturated heterocycles. The Kier molecular flexibility index (Phi) is 1.67. The number of fused-ring (bicyclic) bond motifs is 1. The van der Waals surface area contributed by atoms with Crippen LogP contribution >= 0.6 is 0 Å². The van der Waals surface area contributed by atoms with Crippen molar-refractivity contribution in [2.24, 2.45) is 5.73 Å². The van der Waals surface area contributed by atoms with Crippen molar-refractivity contribution in [1.29, 1.82) is 0 Å². The van der Waals surface area contributed by atoms with E-state index in [0.717, 1.165) is 5.56 Å². The van der Waals surface area contributed by atoms with Gasteiger partial charge in [0.2, 0.25) is 0 Å². The third kappa shape index (κ3) is 1.02. The first-order valence-electron chi connectivity index (χ1n) is 4.14. The molecule has 0 spiro atoms. The van der Waals surface area contributed by atoms with Crippen LogP contribution in [0.1, 0.15) is 16.1 Å². The number of amides is 1. The van der Waals surface area contributed by atoms with Crippen molar-refractivity contribution in [2.75, 3.05) is 5.73 Å². The summed E-state index contributed by atoms with van der Waals surface area (Å²) in [6.07, 6.45) is 1.75. The number of primary amides is 1. The molecule has 0 aromatic carbocycles. The van der Waals surface area contributed by atoms with Crippen LogP contribution in [0.3, 0.4) is 0 Å². The van der Waals surface area contributed by atoms with Crippen LogP contribution in [0.2, 0.25) is 0 Å². The van der Waals surface area contributed by atoms with Gasteiger partial charge in [-0.1, -0.05) is 6.07 Å². The lowest BCUT2D eigenvalue weighted by Crippen LogP contribution is -2.13. The van der Waals surface area contributed by atoms with Crippen LogP contribution in [0.5, 0.6) is 0 Å². The van der Waals surface area contributed by atoms with Crippen molar-refractivity contribution in [3.8, 4) is 0 Å². The van der Waals surface area contributed by atoms with Gasteiger partial charge in [0.15, 0.2) is 5.69 Å². The fourth-order valence-corrected chi connectivity index (χ4v) is 1.40. The first kappa shape index (κ1) is 8.55. The van der Waals surface area contributed by atoms with E-state index in [4.69, 9.17) is 11.5 Å². The van der Waals surface area contributed by atoms with E-state index in [0.29, 0.717) is 5.65 Å². The number of hydrogen-bond acceptors (Lipinski definition) is 3. The first-order chi connectivity index (χ1) is 6.61. The Bertz CT molecular complexity index is 515. The summed E-state index contributed by atoms with van der Waals surface area (Å²) in [6.45, 7) is 1.90. The molecule has 2 aromatic heterocycles. The second kappa shape index (κ2) is 2.73. The molecule has 2 heterocycles. The molecule has 0 aliphatic heterocycles. The standard InChI is InChI=1S/C9H10N4O/c1-5-3-2-4-13-7(10)6(8(11)14)12-9(5)13/h2-4H,10H2,1H3,(H2,11,14). The maximum atomic E-state index is 11.0. The normalized spacial score (nSPS) is 10.6. The summed E-state index contributed by atoms with van der Waals surface area (Å²) in [5.41, 5.74) is 12.6. The molecule has 0 atom stereocenters. The minimum Gasteiger partial charge on any atom is -0.383 e. The van der Waals surface area contributed by atoms with Gasteiger partial charge in [0, 0.05) is 6.20 Å². The van der Waals surface area contributed by atoms with Crippen molar-refractivity contribution in [2.45, 2.75) is 6.92 Å². The number of nitrogen functional groups attached to an aromatic ring is 1. The van der Waals surface area contributed by atoms with Crippen LogP contribution < -0.4 is 11.5 Å².